The zero-order valence-corrected chi connectivity index (χ0v) is 30.4. The van der Waals surface area contributed by atoms with Crippen LogP contribution in [0, 0.1) is 0 Å². The number of rotatable bonds is 12. The van der Waals surface area contributed by atoms with E-state index in [1.807, 2.05) is 109 Å². The fourth-order valence-electron chi connectivity index (χ4n) is 7.12. The van der Waals surface area contributed by atoms with Gasteiger partial charge in [-0.05, 0) is 64.1 Å². The topological polar surface area (TPSA) is 119 Å². The van der Waals surface area contributed by atoms with Gasteiger partial charge in [0.05, 0.1) is 0 Å². The molecule has 5 aromatic carbocycles. The van der Waals surface area contributed by atoms with Crippen molar-refractivity contribution in [1.82, 2.24) is 29.8 Å². The number of hydrogen-bond donors (Lipinski definition) is 2. The van der Waals surface area contributed by atoms with Crippen LogP contribution in [-0.4, -0.2) is 45.9 Å². The van der Waals surface area contributed by atoms with Gasteiger partial charge in [0.15, 0.2) is 11.5 Å². The molecule has 0 unspecified atom stereocenters. The summed E-state index contributed by atoms with van der Waals surface area (Å²) in [7, 11) is 0. The van der Waals surface area contributed by atoms with Gasteiger partial charge in [-0.3, -0.25) is 0 Å². The first-order valence-electron chi connectivity index (χ1n) is 17.4. The average Bonchev–Trinajstić information content (AvgIpc) is 3.80. The van der Waals surface area contributed by atoms with E-state index >= 15 is 0 Å². The summed E-state index contributed by atoms with van der Waals surface area (Å²) in [6, 6.07) is 47.1. The van der Waals surface area contributed by atoms with Crippen molar-refractivity contribution in [3.8, 4) is 22.5 Å². The molecule has 260 valence electrons. The summed E-state index contributed by atoms with van der Waals surface area (Å²) in [6.45, 7) is 5.45. The number of aliphatic hydroxyl groups is 1. The van der Waals surface area contributed by atoms with Crippen molar-refractivity contribution in [2.75, 3.05) is 0 Å². The maximum absolute atomic E-state index is 12.5. The normalized spacial score (nSPS) is 11.6. The van der Waals surface area contributed by atoms with Crippen LogP contribution in [0.25, 0.3) is 22.5 Å². The van der Waals surface area contributed by atoms with Gasteiger partial charge in [0.1, 0.15) is 22.7 Å². The molecule has 0 atom stereocenters. The molecule has 7 rings (SSSR count). The molecule has 9 nitrogen and oxygen atoms in total. The van der Waals surface area contributed by atoms with Crippen LogP contribution in [0.3, 0.4) is 0 Å². The second-order valence-corrected chi connectivity index (χ2v) is 13.4. The largest absolute Gasteiger partial charge is 1.00 e. The third kappa shape index (κ3) is 6.99. The third-order valence-corrected chi connectivity index (χ3v) is 9.44. The van der Waals surface area contributed by atoms with Crippen molar-refractivity contribution in [1.29, 1.82) is 0 Å². The predicted molar refractivity (Wildman–Crippen MR) is 201 cm³/mol. The van der Waals surface area contributed by atoms with E-state index in [-0.39, 0.29) is 30.2 Å². The summed E-state index contributed by atoms with van der Waals surface area (Å²) in [6.07, 6.45) is 1.38. The number of carboxylic acid groups (broad SMARTS) is 1. The number of aromatic carboxylic acids is 1. The van der Waals surface area contributed by atoms with Gasteiger partial charge in [-0.1, -0.05) is 146 Å². The van der Waals surface area contributed by atoms with Crippen LogP contribution in [0.4, 0.5) is 0 Å². The summed E-state index contributed by atoms with van der Waals surface area (Å²) < 4.78 is 3.65. The minimum atomic E-state index is -1.40. The van der Waals surface area contributed by atoms with Crippen molar-refractivity contribution < 1.29 is 33.9 Å². The quantitative estimate of drug-likeness (QED) is 0.137. The minimum Gasteiger partial charge on any atom is -0.477 e. The van der Waals surface area contributed by atoms with Gasteiger partial charge in [-0.25, -0.2) is 14.5 Å². The van der Waals surface area contributed by atoms with Crippen LogP contribution < -0.4 is 18.9 Å². The molecule has 0 amide bonds. The van der Waals surface area contributed by atoms with Crippen molar-refractivity contribution in [2.24, 2.45) is 0 Å². The minimum absolute atomic E-state index is 0. The Balaban J connectivity index is 0.00000481. The fourth-order valence-corrected chi connectivity index (χ4v) is 7.12. The molecule has 2 heterocycles. The molecule has 53 heavy (non-hydrogen) atoms. The van der Waals surface area contributed by atoms with Crippen LogP contribution in [0.15, 0.2) is 140 Å². The molecule has 0 aliphatic heterocycles. The number of benzene rings is 5. The molecule has 2 N–H and O–H groups in total. The molecule has 0 fully saturated rings. The van der Waals surface area contributed by atoms with Crippen LogP contribution in [0.5, 0.6) is 0 Å². The number of nitrogens with zero attached hydrogens (tertiary/aromatic N) is 6. The Labute approximate surface area is 321 Å². The Morgan fingerprint density at radius 1 is 0.717 bits per heavy atom. The van der Waals surface area contributed by atoms with Crippen LogP contribution >= 0.6 is 0 Å². The van der Waals surface area contributed by atoms with Gasteiger partial charge in [-0.2, -0.15) is 0 Å². The number of carbonyl (C=O) groups is 1. The predicted octanol–water partition coefficient (Wildman–Crippen LogP) is 4.97. The number of hydrogen-bond acceptors (Lipinski definition) is 6. The van der Waals surface area contributed by atoms with Gasteiger partial charge in [-0.15, -0.1) is 5.10 Å². The number of aromatic nitrogens is 6. The van der Waals surface area contributed by atoms with Crippen molar-refractivity contribution in [3.05, 3.63) is 179 Å². The van der Waals surface area contributed by atoms with Crippen molar-refractivity contribution >= 4 is 5.97 Å². The monoisotopic (exact) mass is 695 g/mol. The summed E-state index contributed by atoms with van der Waals surface area (Å²) in [5.41, 5.74) is 4.58. The summed E-state index contributed by atoms with van der Waals surface area (Å²) in [5, 5.41) is 34.7. The molecular weight excluding hydrogens is 655 g/mol. The molecular formula is C43H40LiN6O3+. The van der Waals surface area contributed by atoms with Gasteiger partial charge < -0.3 is 14.8 Å². The van der Waals surface area contributed by atoms with E-state index in [4.69, 9.17) is 5.21 Å². The average molecular weight is 696 g/mol. The van der Waals surface area contributed by atoms with Gasteiger partial charge in [0.25, 0.3) is 0 Å². The molecule has 0 radical (unpaired) electrons. The van der Waals surface area contributed by atoms with E-state index in [0.29, 0.717) is 24.6 Å². The van der Waals surface area contributed by atoms with E-state index in [1.165, 1.54) is 0 Å². The van der Waals surface area contributed by atoms with Gasteiger partial charge in [0.2, 0.25) is 0 Å². The molecule has 0 bridgehead atoms. The number of tetrazole rings is 1. The smallest absolute Gasteiger partial charge is 0.477 e. The molecule has 0 aliphatic carbocycles. The van der Waals surface area contributed by atoms with E-state index in [9.17, 15) is 15.0 Å². The Morgan fingerprint density at radius 3 is 1.72 bits per heavy atom. The van der Waals surface area contributed by atoms with E-state index < -0.39 is 17.1 Å². The molecule has 0 spiro atoms. The SMILES string of the molecule is CCCc1nc(C(C)(C)O)c(C(=O)O)n1Cc1ccc(-c2ccccc2-c2nnnn2C(c2ccccc2)(c2ccccc2)c2ccccc2)cc1.[Li+]. The van der Waals surface area contributed by atoms with Gasteiger partial charge >= 0.3 is 24.8 Å². The number of carboxylic acids is 1. The molecule has 0 saturated heterocycles. The fraction of sp³-hybridized carbons (Fsp3) is 0.186. The first-order valence-corrected chi connectivity index (χ1v) is 17.4. The van der Waals surface area contributed by atoms with Crippen LogP contribution in [-0.2, 0) is 24.1 Å². The van der Waals surface area contributed by atoms with Crippen molar-refractivity contribution in [3.63, 3.8) is 0 Å². The molecule has 0 aliphatic rings. The molecule has 7 aromatic rings. The standard InChI is InChI=1S/C43H40N6O3.Li/c1-4-16-37-44-39(42(2,3)52)38(41(50)51)48(37)29-30-25-27-31(28-26-30)35-23-14-15-24-36(35)40-45-46-47-49(40)43(32-17-8-5-9-18-32,33-19-10-6-11-20-33)34-21-12-7-13-22-34;/h5-15,17-28,52H,4,16,29H2,1-3H3,(H,50,51);/q;+1. The molecule has 2 aromatic heterocycles. The summed E-state index contributed by atoms with van der Waals surface area (Å²) in [4.78, 5) is 17.1. The van der Waals surface area contributed by atoms with E-state index in [2.05, 4.69) is 57.8 Å². The molecule has 0 saturated carbocycles. The summed E-state index contributed by atoms with van der Waals surface area (Å²) in [5.74, 6) is 0.119. The zero-order valence-electron chi connectivity index (χ0n) is 30.4. The second kappa shape index (κ2) is 15.6. The number of aryl methyl sites for hydroxylation is 1. The Kier molecular flexibility index (Phi) is 10.9. The zero-order chi connectivity index (χ0) is 36.3. The Morgan fingerprint density at radius 2 is 1.23 bits per heavy atom. The van der Waals surface area contributed by atoms with E-state index in [0.717, 1.165) is 45.4 Å². The number of imidazole rings is 1. The van der Waals surface area contributed by atoms with Gasteiger partial charge in [0, 0.05) is 18.5 Å². The first-order chi connectivity index (χ1) is 25.2. The second-order valence-electron chi connectivity index (χ2n) is 13.4. The first kappa shape index (κ1) is 37.2. The molecule has 10 heteroatoms. The van der Waals surface area contributed by atoms with Crippen LogP contribution in [0.1, 0.15) is 71.5 Å². The van der Waals surface area contributed by atoms with E-state index in [1.54, 1.807) is 18.4 Å². The maximum Gasteiger partial charge on any atom is 1.00 e. The summed E-state index contributed by atoms with van der Waals surface area (Å²) >= 11 is 0. The van der Waals surface area contributed by atoms with Crippen LogP contribution in [0.2, 0.25) is 0 Å². The maximum atomic E-state index is 12.5. The Hall–Kier alpha value is -5.59. The third-order valence-electron chi connectivity index (χ3n) is 9.44. The Bertz CT molecular complexity index is 2200. The van der Waals surface area contributed by atoms with Crippen molar-refractivity contribution in [2.45, 2.75) is 51.3 Å².